The molecule has 1 heterocycles. The fourth-order valence-corrected chi connectivity index (χ4v) is 1.87. The minimum atomic E-state index is -0.304. The maximum absolute atomic E-state index is 10.1. The lowest BCUT2D eigenvalue weighted by atomic mass is 9.93. The number of piperazine rings is 1. The molecule has 0 radical (unpaired) electrons. The quantitative estimate of drug-likeness (QED) is 0.720. The van der Waals surface area contributed by atoms with Gasteiger partial charge < -0.3 is 10.0 Å². The summed E-state index contributed by atoms with van der Waals surface area (Å²) in [7, 11) is 0. The first kappa shape index (κ1) is 12.0. The minimum absolute atomic E-state index is 0.0333. The summed E-state index contributed by atoms with van der Waals surface area (Å²) >= 11 is 0. The van der Waals surface area contributed by atoms with Gasteiger partial charge in [0.25, 0.3) is 0 Å². The van der Waals surface area contributed by atoms with Gasteiger partial charge in [0.2, 0.25) is 0 Å². The summed E-state index contributed by atoms with van der Waals surface area (Å²) in [4.78, 5) is 4.61. The molecule has 3 nitrogen and oxygen atoms in total. The topological polar surface area (TPSA) is 26.7 Å². The molecule has 1 aliphatic rings. The molecular weight excluding hydrogens is 176 g/mol. The third-order valence-corrected chi connectivity index (χ3v) is 2.97. The van der Waals surface area contributed by atoms with Crippen LogP contribution >= 0.6 is 0 Å². The molecule has 0 amide bonds. The normalized spacial score (nSPS) is 23.8. The minimum Gasteiger partial charge on any atom is -0.378 e. The van der Waals surface area contributed by atoms with E-state index in [4.69, 9.17) is 0 Å². The molecule has 1 fully saturated rings. The van der Waals surface area contributed by atoms with Crippen molar-refractivity contribution in [1.82, 2.24) is 9.80 Å². The second-order valence-corrected chi connectivity index (χ2v) is 5.21. The van der Waals surface area contributed by atoms with Crippen molar-refractivity contribution in [3.05, 3.63) is 0 Å². The first-order valence-electron chi connectivity index (χ1n) is 5.59. The van der Waals surface area contributed by atoms with E-state index in [1.54, 1.807) is 0 Å². The van der Waals surface area contributed by atoms with Crippen molar-refractivity contribution in [3.8, 4) is 0 Å². The molecule has 1 saturated heterocycles. The highest BCUT2D eigenvalue weighted by Crippen LogP contribution is 2.22. The van der Waals surface area contributed by atoms with Crippen molar-refractivity contribution in [2.75, 3.05) is 32.7 Å². The number of likely N-dealkylation sites (N-methyl/N-ethyl adjacent to an activating group) is 1. The average molecular weight is 200 g/mol. The van der Waals surface area contributed by atoms with E-state index < -0.39 is 0 Å². The second kappa shape index (κ2) is 4.60. The summed E-state index contributed by atoms with van der Waals surface area (Å²) in [5.41, 5.74) is -0.0333. The van der Waals surface area contributed by atoms with Crippen LogP contribution in [-0.4, -0.2) is 53.9 Å². The Morgan fingerprint density at radius 3 is 2.00 bits per heavy atom. The number of hydrogen-bond acceptors (Lipinski definition) is 3. The van der Waals surface area contributed by atoms with Gasteiger partial charge in [0.05, 0.1) is 0 Å². The van der Waals surface area contributed by atoms with Crippen LogP contribution in [0.5, 0.6) is 0 Å². The SMILES string of the molecule is CCN1CCN(C(O)C(C)(C)C)CC1. The summed E-state index contributed by atoms with van der Waals surface area (Å²) in [6, 6.07) is 0. The van der Waals surface area contributed by atoms with E-state index in [-0.39, 0.29) is 11.6 Å². The van der Waals surface area contributed by atoms with Gasteiger partial charge in [-0.2, -0.15) is 0 Å². The first-order valence-corrected chi connectivity index (χ1v) is 5.59. The van der Waals surface area contributed by atoms with E-state index in [0.29, 0.717) is 0 Å². The van der Waals surface area contributed by atoms with Crippen LogP contribution in [0.15, 0.2) is 0 Å². The lowest BCUT2D eigenvalue weighted by Crippen LogP contribution is -2.53. The van der Waals surface area contributed by atoms with Gasteiger partial charge in [0.1, 0.15) is 6.23 Å². The third kappa shape index (κ3) is 2.94. The van der Waals surface area contributed by atoms with Gasteiger partial charge >= 0.3 is 0 Å². The average Bonchev–Trinajstić information content (AvgIpc) is 2.15. The fourth-order valence-electron chi connectivity index (χ4n) is 1.87. The van der Waals surface area contributed by atoms with Gasteiger partial charge in [-0.15, -0.1) is 0 Å². The summed E-state index contributed by atoms with van der Waals surface area (Å²) in [5.74, 6) is 0. The van der Waals surface area contributed by atoms with E-state index in [9.17, 15) is 5.11 Å². The highest BCUT2D eigenvalue weighted by Gasteiger charge is 2.30. The highest BCUT2D eigenvalue weighted by molar-refractivity contribution is 4.79. The maximum Gasteiger partial charge on any atom is 0.112 e. The van der Waals surface area contributed by atoms with Crippen molar-refractivity contribution >= 4 is 0 Å². The highest BCUT2D eigenvalue weighted by atomic mass is 16.3. The van der Waals surface area contributed by atoms with Gasteiger partial charge in [-0.05, 0) is 6.54 Å². The zero-order valence-corrected chi connectivity index (χ0v) is 9.95. The van der Waals surface area contributed by atoms with Crippen LogP contribution in [0.3, 0.4) is 0 Å². The zero-order valence-electron chi connectivity index (χ0n) is 9.95. The Balaban J connectivity index is 2.42. The molecule has 84 valence electrons. The van der Waals surface area contributed by atoms with Crippen molar-refractivity contribution in [1.29, 1.82) is 0 Å². The second-order valence-electron chi connectivity index (χ2n) is 5.21. The van der Waals surface area contributed by atoms with E-state index in [1.165, 1.54) is 0 Å². The van der Waals surface area contributed by atoms with Crippen molar-refractivity contribution in [2.24, 2.45) is 5.41 Å². The molecule has 1 unspecified atom stereocenters. The Kier molecular flexibility index (Phi) is 3.93. The summed E-state index contributed by atoms with van der Waals surface area (Å²) in [5, 5.41) is 10.1. The van der Waals surface area contributed by atoms with E-state index in [2.05, 4.69) is 37.5 Å². The van der Waals surface area contributed by atoms with Crippen LogP contribution in [0.4, 0.5) is 0 Å². The van der Waals surface area contributed by atoms with Gasteiger partial charge in [-0.25, -0.2) is 0 Å². The molecule has 14 heavy (non-hydrogen) atoms. The van der Waals surface area contributed by atoms with Gasteiger partial charge in [-0.3, -0.25) is 4.90 Å². The van der Waals surface area contributed by atoms with Crippen LogP contribution in [0.25, 0.3) is 0 Å². The Morgan fingerprint density at radius 1 is 1.14 bits per heavy atom. The Morgan fingerprint density at radius 2 is 1.64 bits per heavy atom. The lowest BCUT2D eigenvalue weighted by Gasteiger charge is -2.41. The molecule has 1 aliphatic heterocycles. The molecule has 0 bridgehead atoms. The zero-order chi connectivity index (χ0) is 10.8. The van der Waals surface area contributed by atoms with Crippen LogP contribution in [-0.2, 0) is 0 Å². The Labute approximate surface area is 87.7 Å². The van der Waals surface area contributed by atoms with Crippen LogP contribution < -0.4 is 0 Å². The van der Waals surface area contributed by atoms with Crippen molar-refractivity contribution in [3.63, 3.8) is 0 Å². The van der Waals surface area contributed by atoms with Crippen molar-refractivity contribution < 1.29 is 5.11 Å². The van der Waals surface area contributed by atoms with Gasteiger partial charge in [0, 0.05) is 31.6 Å². The number of nitrogens with zero attached hydrogens (tertiary/aromatic N) is 2. The van der Waals surface area contributed by atoms with Crippen LogP contribution in [0, 0.1) is 5.41 Å². The fraction of sp³-hybridized carbons (Fsp3) is 1.00. The standard InChI is InChI=1S/C11H24N2O/c1-5-12-6-8-13(9-7-12)10(14)11(2,3)4/h10,14H,5-9H2,1-4H3. The molecule has 1 rings (SSSR count). The molecule has 0 aromatic rings. The van der Waals surface area contributed by atoms with E-state index in [1.807, 2.05) is 0 Å². The van der Waals surface area contributed by atoms with Crippen LogP contribution in [0.2, 0.25) is 0 Å². The molecule has 0 spiro atoms. The summed E-state index contributed by atoms with van der Waals surface area (Å²) < 4.78 is 0. The van der Waals surface area contributed by atoms with E-state index in [0.717, 1.165) is 32.7 Å². The molecule has 1 N–H and O–H groups in total. The number of aliphatic hydroxyl groups is 1. The van der Waals surface area contributed by atoms with Crippen LogP contribution in [0.1, 0.15) is 27.7 Å². The summed E-state index contributed by atoms with van der Waals surface area (Å²) in [6.07, 6.45) is -0.304. The Bertz CT molecular complexity index is 169. The maximum atomic E-state index is 10.1. The number of rotatable bonds is 2. The smallest absolute Gasteiger partial charge is 0.112 e. The first-order chi connectivity index (χ1) is 6.45. The van der Waals surface area contributed by atoms with Crippen molar-refractivity contribution in [2.45, 2.75) is 33.9 Å². The molecule has 0 aliphatic carbocycles. The molecule has 0 saturated carbocycles. The molecule has 3 heteroatoms. The van der Waals surface area contributed by atoms with Gasteiger partial charge in [0.15, 0.2) is 0 Å². The van der Waals surface area contributed by atoms with E-state index >= 15 is 0 Å². The van der Waals surface area contributed by atoms with Gasteiger partial charge in [-0.1, -0.05) is 27.7 Å². The predicted molar refractivity (Wildman–Crippen MR) is 59.1 cm³/mol. The molecule has 0 aromatic heterocycles. The molecule has 0 aromatic carbocycles. The molecule has 1 atom stereocenters. The number of hydrogen-bond donors (Lipinski definition) is 1. The monoisotopic (exact) mass is 200 g/mol. The summed E-state index contributed by atoms with van der Waals surface area (Å²) in [6.45, 7) is 13.7. The lowest BCUT2D eigenvalue weighted by molar-refractivity contribution is -0.0868. The Hall–Kier alpha value is -0.120. The number of aliphatic hydroxyl groups excluding tert-OH is 1. The molecular formula is C11H24N2O. The predicted octanol–water partition coefficient (Wildman–Crippen LogP) is 0.988. The third-order valence-electron chi connectivity index (χ3n) is 2.97. The largest absolute Gasteiger partial charge is 0.378 e.